The lowest BCUT2D eigenvalue weighted by atomic mass is 9.96. The van der Waals surface area contributed by atoms with Crippen molar-refractivity contribution in [2.24, 2.45) is 0 Å². The van der Waals surface area contributed by atoms with Gasteiger partial charge in [0.2, 0.25) is 0 Å². The van der Waals surface area contributed by atoms with Crippen LogP contribution >= 0.6 is 12.2 Å². The monoisotopic (exact) mass is 319 g/mol. The Morgan fingerprint density at radius 3 is 2.55 bits per heavy atom. The SMILES string of the molecule is Cc1cc(N2CCN(C(=S)NC3CCCCC3)CC2)ncn1. The van der Waals surface area contributed by atoms with Crippen LogP contribution in [-0.4, -0.2) is 52.2 Å². The number of aromatic nitrogens is 2. The van der Waals surface area contributed by atoms with E-state index in [1.54, 1.807) is 6.33 Å². The van der Waals surface area contributed by atoms with Crippen molar-refractivity contribution in [1.82, 2.24) is 20.2 Å². The van der Waals surface area contributed by atoms with Crippen molar-refractivity contribution in [1.29, 1.82) is 0 Å². The highest BCUT2D eigenvalue weighted by Gasteiger charge is 2.22. The minimum absolute atomic E-state index is 0.587. The van der Waals surface area contributed by atoms with Gasteiger partial charge >= 0.3 is 0 Å². The second kappa shape index (κ2) is 7.22. The van der Waals surface area contributed by atoms with E-state index in [1.807, 2.05) is 13.0 Å². The van der Waals surface area contributed by atoms with Crippen LogP contribution in [0.2, 0.25) is 0 Å². The molecule has 1 aromatic heterocycles. The zero-order valence-electron chi connectivity index (χ0n) is 13.3. The Balaban J connectivity index is 1.49. The second-order valence-corrected chi connectivity index (χ2v) is 6.66. The Morgan fingerprint density at radius 2 is 1.86 bits per heavy atom. The summed E-state index contributed by atoms with van der Waals surface area (Å²) in [6.07, 6.45) is 8.22. The summed E-state index contributed by atoms with van der Waals surface area (Å²) in [7, 11) is 0. The van der Waals surface area contributed by atoms with Gasteiger partial charge in [0.15, 0.2) is 5.11 Å². The van der Waals surface area contributed by atoms with Gasteiger partial charge in [0.1, 0.15) is 12.1 Å². The lowest BCUT2D eigenvalue weighted by Crippen LogP contribution is -2.53. The molecule has 1 N–H and O–H groups in total. The van der Waals surface area contributed by atoms with Crippen LogP contribution in [0.1, 0.15) is 37.8 Å². The van der Waals surface area contributed by atoms with Crippen molar-refractivity contribution in [3.8, 4) is 0 Å². The molecule has 22 heavy (non-hydrogen) atoms. The molecule has 0 atom stereocenters. The summed E-state index contributed by atoms with van der Waals surface area (Å²) in [5.41, 5.74) is 1.02. The molecule has 1 aliphatic heterocycles. The molecule has 0 unspecified atom stereocenters. The van der Waals surface area contributed by atoms with Crippen molar-refractivity contribution < 1.29 is 0 Å². The largest absolute Gasteiger partial charge is 0.360 e. The molecule has 6 heteroatoms. The van der Waals surface area contributed by atoms with Gasteiger partial charge < -0.3 is 15.1 Å². The third-order valence-corrected chi connectivity index (χ3v) is 4.99. The van der Waals surface area contributed by atoms with Gasteiger partial charge in [-0.05, 0) is 32.0 Å². The maximum absolute atomic E-state index is 5.60. The summed E-state index contributed by atoms with van der Waals surface area (Å²) >= 11 is 5.60. The number of anilines is 1. The van der Waals surface area contributed by atoms with Crippen LogP contribution in [0.3, 0.4) is 0 Å². The van der Waals surface area contributed by atoms with Crippen LogP contribution in [-0.2, 0) is 0 Å². The van der Waals surface area contributed by atoms with Crippen LogP contribution < -0.4 is 10.2 Å². The average molecular weight is 319 g/mol. The molecule has 1 aliphatic carbocycles. The molecule has 1 saturated carbocycles. The molecule has 120 valence electrons. The van der Waals surface area contributed by atoms with Crippen molar-refractivity contribution in [3.63, 3.8) is 0 Å². The first-order chi connectivity index (χ1) is 10.7. The van der Waals surface area contributed by atoms with E-state index in [9.17, 15) is 0 Å². The predicted molar refractivity (Wildman–Crippen MR) is 93.2 cm³/mol. The highest BCUT2D eigenvalue weighted by Crippen LogP contribution is 2.18. The standard InChI is InChI=1S/C16H25N5S/c1-13-11-15(18-12-17-13)20-7-9-21(10-8-20)16(22)19-14-5-3-2-4-6-14/h11-12,14H,2-10H2,1H3,(H,19,22). The third-order valence-electron chi connectivity index (χ3n) is 4.61. The van der Waals surface area contributed by atoms with Crippen LogP contribution in [0.25, 0.3) is 0 Å². The Hall–Kier alpha value is -1.43. The first kappa shape index (κ1) is 15.5. The molecule has 0 amide bonds. The van der Waals surface area contributed by atoms with Crippen LogP contribution in [0.15, 0.2) is 12.4 Å². The number of hydrogen-bond acceptors (Lipinski definition) is 4. The Kier molecular flexibility index (Phi) is 5.08. The number of thiocarbonyl (C=S) groups is 1. The van der Waals surface area contributed by atoms with Crippen molar-refractivity contribution in [2.45, 2.75) is 45.1 Å². The summed E-state index contributed by atoms with van der Waals surface area (Å²) < 4.78 is 0. The summed E-state index contributed by atoms with van der Waals surface area (Å²) in [6, 6.07) is 2.64. The number of nitrogens with one attached hydrogen (secondary N) is 1. The van der Waals surface area contributed by atoms with Crippen LogP contribution in [0, 0.1) is 6.92 Å². The first-order valence-corrected chi connectivity index (χ1v) is 8.72. The number of piperazine rings is 1. The molecule has 2 heterocycles. The Labute approximate surface area is 138 Å². The van der Waals surface area contributed by atoms with E-state index in [0.717, 1.165) is 42.8 Å². The average Bonchev–Trinajstić information content (AvgIpc) is 2.56. The van der Waals surface area contributed by atoms with Crippen LogP contribution in [0.5, 0.6) is 0 Å². The number of hydrogen-bond donors (Lipinski definition) is 1. The molecule has 2 fully saturated rings. The second-order valence-electron chi connectivity index (χ2n) is 6.28. The third kappa shape index (κ3) is 3.85. The van der Waals surface area contributed by atoms with E-state index in [0.29, 0.717) is 6.04 Å². The van der Waals surface area contributed by atoms with Gasteiger partial charge in [0.05, 0.1) is 0 Å². The molecule has 0 bridgehead atoms. The fourth-order valence-corrected chi connectivity index (χ4v) is 3.61. The molecule has 0 spiro atoms. The number of nitrogens with zero attached hydrogens (tertiary/aromatic N) is 4. The van der Waals surface area contributed by atoms with Crippen molar-refractivity contribution >= 4 is 23.1 Å². The molecule has 2 aliphatic rings. The highest BCUT2D eigenvalue weighted by atomic mass is 32.1. The molecule has 0 aromatic carbocycles. The fraction of sp³-hybridized carbons (Fsp3) is 0.688. The van der Waals surface area contributed by atoms with Gasteiger partial charge in [-0.3, -0.25) is 0 Å². The first-order valence-electron chi connectivity index (χ1n) is 8.31. The van der Waals surface area contributed by atoms with E-state index in [1.165, 1.54) is 32.1 Å². The predicted octanol–water partition coefficient (Wildman–Crippen LogP) is 2.11. The summed E-state index contributed by atoms with van der Waals surface area (Å²) in [5, 5.41) is 4.50. The molecule has 1 aromatic rings. The molecular formula is C16H25N5S. The van der Waals surface area contributed by atoms with E-state index in [-0.39, 0.29) is 0 Å². The van der Waals surface area contributed by atoms with Crippen molar-refractivity contribution in [2.75, 3.05) is 31.1 Å². The maximum atomic E-state index is 5.60. The summed E-state index contributed by atoms with van der Waals surface area (Å²) in [6.45, 7) is 5.85. The van der Waals surface area contributed by atoms with Gasteiger partial charge in [0.25, 0.3) is 0 Å². The topological polar surface area (TPSA) is 44.3 Å². The van der Waals surface area contributed by atoms with Gasteiger partial charge in [-0.2, -0.15) is 0 Å². The molecule has 3 rings (SSSR count). The summed E-state index contributed by atoms with van der Waals surface area (Å²) in [4.78, 5) is 13.2. The maximum Gasteiger partial charge on any atom is 0.169 e. The van der Waals surface area contributed by atoms with E-state index in [4.69, 9.17) is 12.2 Å². The van der Waals surface area contributed by atoms with Gasteiger partial charge in [-0.15, -0.1) is 0 Å². The fourth-order valence-electron chi connectivity index (χ4n) is 3.26. The summed E-state index contributed by atoms with van der Waals surface area (Å²) in [5.74, 6) is 1.03. The van der Waals surface area contributed by atoms with E-state index in [2.05, 4.69) is 25.1 Å². The Morgan fingerprint density at radius 1 is 1.14 bits per heavy atom. The molecule has 0 radical (unpaired) electrons. The van der Waals surface area contributed by atoms with Crippen molar-refractivity contribution in [3.05, 3.63) is 18.1 Å². The van der Waals surface area contributed by atoms with E-state index < -0.39 is 0 Å². The molecule has 1 saturated heterocycles. The Bertz CT molecular complexity index is 507. The van der Waals surface area contributed by atoms with Gasteiger partial charge in [0, 0.05) is 44.0 Å². The zero-order valence-corrected chi connectivity index (χ0v) is 14.1. The normalized spacial score (nSPS) is 20.0. The number of aryl methyl sites for hydroxylation is 1. The quantitative estimate of drug-likeness (QED) is 0.843. The molecular weight excluding hydrogens is 294 g/mol. The minimum Gasteiger partial charge on any atom is -0.360 e. The van der Waals surface area contributed by atoms with E-state index >= 15 is 0 Å². The smallest absolute Gasteiger partial charge is 0.169 e. The lowest BCUT2D eigenvalue weighted by molar-refractivity contribution is 0.354. The number of rotatable bonds is 2. The zero-order chi connectivity index (χ0) is 15.4. The highest BCUT2D eigenvalue weighted by molar-refractivity contribution is 7.80. The van der Waals surface area contributed by atoms with Gasteiger partial charge in [-0.25, -0.2) is 9.97 Å². The lowest BCUT2D eigenvalue weighted by Gasteiger charge is -2.38. The molecule has 5 nitrogen and oxygen atoms in total. The van der Waals surface area contributed by atoms with Crippen LogP contribution in [0.4, 0.5) is 5.82 Å². The minimum atomic E-state index is 0.587. The van der Waals surface area contributed by atoms with Gasteiger partial charge in [-0.1, -0.05) is 19.3 Å².